The summed E-state index contributed by atoms with van der Waals surface area (Å²) < 4.78 is 5.59. The lowest BCUT2D eigenvalue weighted by molar-refractivity contribution is 0.247. The smallest absolute Gasteiger partial charge is 0.125 e. The second kappa shape index (κ2) is 4.42. The highest BCUT2D eigenvalue weighted by molar-refractivity contribution is 6.30. The third kappa shape index (κ3) is 2.44. The van der Waals surface area contributed by atoms with Crippen LogP contribution in [0.25, 0.3) is 0 Å². The third-order valence-corrected chi connectivity index (χ3v) is 2.78. The number of hydrogen-bond donors (Lipinski definition) is 1. The molecule has 1 aliphatic heterocycles. The van der Waals surface area contributed by atoms with E-state index in [0.29, 0.717) is 12.1 Å². The van der Waals surface area contributed by atoms with Crippen molar-refractivity contribution >= 4 is 11.6 Å². The summed E-state index contributed by atoms with van der Waals surface area (Å²) in [6, 6.07) is 6.74. The lowest BCUT2D eigenvalue weighted by atomic mass is 10.00. The van der Waals surface area contributed by atoms with Gasteiger partial charge >= 0.3 is 0 Å². The summed E-state index contributed by atoms with van der Waals surface area (Å²) in [6.07, 6.45) is 1.02. The molecule has 82 valence electrons. The summed E-state index contributed by atoms with van der Waals surface area (Å²) >= 11 is 5.93. The van der Waals surface area contributed by atoms with Crippen LogP contribution in [-0.2, 0) is 0 Å². The Balaban J connectivity index is 2.26. The van der Waals surface area contributed by atoms with Gasteiger partial charge in [0.2, 0.25) is 0 Å². The van der Waals surface area contributed by atoms with Gasteiger partial charge in [-0.3, -0.25) is 0 Å². The molecule has 1 aromatic carbocycles. The Morgan fingerprint density at radius 2 is 2.27 bits per heavy atom. The molecule has 0 aliphatic carbocycles. The van der Waals surface area contributed by atoms with E-state index in [0.717, 1.165) is 23.8 Å². The number of rotatable bonds is 2. The molecule has 0 amide bonds. The van der Waals surface area contributed by atoms with Crippen LogP contribution < -0.4 is 10.1 Å². The molecule has 2 rings (SSSR count). The number of benzene rings is 1. The Morgan fingerprint density at radius 1 is 1.47 bits per heavy atom. The molecule has 2 nitrogen and oxygen atoms in total. The minimum Gasteiger partial charge on any atom is -0.493 e. The van der Waals surface area contributed by atoms with Crippen LogP contribution in [0.1, 0.15) is 31.9 Å². The Morgan fingerprint density at radius 3 is 3.00 bits per heavy atom. The van der Waals surface area contributed by atoms with Crippen LogP contribution in [0.5, 0.6) is 5.75 Å². The Kier molecular flexibility index (Phi) is 3.17. The zero-order valence-electron chi connectivity index (χ0n) is 9.09. The molecule has 3 heteroatoms. The highest BCUT2D eigenvalue weighted by Gasteiger charge is 2.21. The minimum atomic E-state index is 0.394. The second-order valence-electron chi connectivity index (χ2n) is 4.19. The molecule has 0 radical (unpaired) electrons. The van der Waals surface area contributed by atoms with E-state index in [1.54, 1.807) is 0 Å². The standard InChI is InChI=1S/C12H16ClNO/c1-8(2)14-11-5-6-15-12-7-9(13)3-4-10(11)12/h3-4,7-8,11,14H,5-6H2,1-2H3. The lowest BCUT2D eigenvalue weighted by Crippen LogP contribution is -2.31. The highest BCUT2D eigenvalue weighted by atomic mass is 35.5. The van der Waals surface area contributed by atoms with Gasteiger partial charge in [0.1, 0.15) is 5.75 Å². The van der Waals surface area contributed by atoms with Crippen molar-refractivity contribution < 1.29 is 4.74 Å². The first kappa shape index (κ1) is 10.8. The van der Waals surface area contributed by atoms with Crippen LogP contribution in [0.4, 0.5) is 0 Å². The summed E-state index contributed by atoms with van der Waals surface area (Å²) in [5.41, 5.74) is 1.22. The number of fused-ring (bicyclic) bond motifs is 1. The van der Waals surface area contributed by atoms with E-state index in [9.17, 15) is 0 Å². The number of nitrogens with one attached hydrogen (secondary N) is 1. The summed E-state index contributed by atoms with van der Waals surface area (Å²) in [6.45, 7) is 5.08. The van der Waals surface area contributed by atoms with Gasteiger partial charge in [-0.1, -0.05) is 31.5 Å². The fourth-order valence-electron chi connectivity index (χ4n) is 1.94. The Labute approximate surface area is 95.6 Å². The van der Waals surface area contributed by atoms with Crippen LogP contribution in [0, 0.1) is 0 Å². The maximum atomic E-state index is 5.93. The van der Waals surface area contributed by atoms with E-state index in [2.05, 4.69) is 25.2 Å². The quantitative estimate of drug-likeness (QED) is 0.835. The van der Waals surface area contributed by atoms with Gasteiger partial charge in [0.15, 0.2) is 0 Å². The van der Waals surface area contributed by atoms with Crippen LogP contribution in [0.3, 0.4) is 0 Å². The first-order chi connectivity index (χ1) is 7.16. The molecular formula is C12H16ClNO. The zero-order chi connectivity index (χ0) is 10.8. The normalized spacial score (nSPS) is 19.9. The minimum absolute atomic E-state index is 0.394. The van der Waals surface area contributed by atoms with Crippen molar-refractivity contribution in [3.05, 3.63) is 28.8 Å². The van der Waals surface area contributed by atoms with Gasteiger partial charge in [0.25, 0.3) is 0 Å². The summed E-state index contributed by atoms with van der Waals surface area (Å²) in [5, 5.41) is 4.27. The summed E-state index contributed by atoms with van der Waals surface area (Å²) in [5.74, 6) is 0.923. The Hall–Kier alpha value is -0.730. The van der Waals surface area contributed by atoms with Crippen molar-refractivity contribution in [1.29, 1.82) is 0 Å². The maximum Gasteiger partial charge on any atom is 0.125 e. The van der Waals surface area contributed by atoms with E-state index in [4.69, 9.17) is 16.3 Å². The van der Waals surface area contributed by atoms with Crippen molar-refractivity contribution in [3.63, 3.8) is 0 Å². The molecule has 1 atom stereocenters. The van der Waals surface area contributed by atoms with Gasteiger partial charge in [-0.15, -0.1) is 0 Å². The van der Waals surface area contributed by atoms with Crippen LogP contribution in [0.15, 0.2) is 18.2 Å². The van der Waals surface area contributed by atoms with E-state index in [1.165, 1.54) is 5.56 Å². The zero-order valence-corrected chi connectivity index (χ0v) is 9.84. The van der Waals surface area contributed by atoms with Gasteiger partial charge in [0.05, 0.1) is 6.61 Å². The largest absolute Gasteiger partial charge is 0.493 e. The molecule has 1 aliphatic rings. The van der Waals surface area contributed by atoms with Gasteiger partial charge in [-0.25, -0.2) is 0 Å². The SMILES string of the molecule is CC(C)NC1CCOc2cc(Cl)ccc21. The first-order valence-electron chi connectivity index (χ1n) is 5.35. The van der Waals surface area contributed by atoms with Crippen molar-refractivity contribution in [2.24, 2.45) is 0 Å². The van der Waals surface area contributed by atoms with E-state index in [1.807, 2.05) is 12.1 Å². The van der Waals surface area contributed by atoms with Crippen LogP contribution >= 0.6 is 11.6 Å². The average Bonchev–Trinajstić information content (AvgIpc) is 2.16. The van der Waals surface area contributed by atoms with Gasteiger partial charge in [0, 0.05) is 29.1 Å². The van der Waals surface area contributed by atoms with Crippen LogP contribution in [-0.4, -0.2) is 12.6 Å². The second-order valence-corrected chi connectivity index (χ2v) is 4.63. The van der Waals surface area contributed by atoms with Crippen molar-refractivity contribution in [3.8, 4) is 5.75 Å². The van der Waals surface area contributed by atoms with Crippen molar-refractivity contribution in [2.75, 3.05) is 6.61 Å². The number of hydrogen-bond acceptors (Lipinski definition) is 2. The molecule has 0 saturated carbocycles. The molecule has 0 fully saturated rings. The molecule has 1 N–H and O–H groups in total. The first-order valence-corrected chi connectivity index (χ1v) is 5.73. The maximum absolute atomic E-state index is 5.93. The summed E-state index contributed by atoms with van der Waals surface area (Å²) in [4.78, 5) is 0. The van der Waals surface area contributed by atoms with Gasteiger partial charge in [-0.2, -0.15) is 0 Å². The number of halogens is 1. The fraction of sp³-hybridized carbons (Fsp3) is 0.500. The molecule has 0 spiro atoms. The van der Waals surface area contributed by atoms with E-state index < -0.39 is 0 Å². The molecule has 1 unspecified atom stereocenters. The summed E-state index contributed by atoms with van der Waals surface area (Å²) in [7, 11) is 0. The predicted molar refractivity (Wildman–Crippen MR) is 62.6 cm³/mol. The Bertz CT molecular complexity index is 351. The van der Waals surface area contributed by atoms with Gasteiger partial charge < -0.3 is 10.1 Å². The van der Waals surface area contributed by atoms with Crippen LogP contribution in [0.2, 0.25) is 5.02 Å². The lowest BCUT2D eigenvalue weighted by Gasteiger charge is -2.28. The molecule has 0 bridgehead atoms. The molecule has 15 heavy (non-hydrogen) atoms. The molecule has 1 aromatic rings. The van der Waals surface area contributed by atoms with Crippen molar-refractivity contribution in [2.45, 2.75) is 32.4 Å². The molecular weight excluding hydrogens is 210 g/mol. The average molecular weight is 226 g/mol. The number of ether oxygens (including phenoxy) is 1. The van der Waals surface area contributed by atoms with E-state index >= 15 is 0 Å². The molecule has 1 heterocycles. The van der Waals surface area contributed by atoms with E-state index in [-0.39, 0.29) is 0 Å². The predicted octanol–water partition coefficient (Wildman–Crippen LogP) is 3.16. The van der Waals surface area contributed by atoms with Crippen molar-refractivity contribution in [1.82, 2.24) is 5.32 Å². The molecule has 0 aromatic heterocycles. The molecule has 0 saturated heterocycles. The topological polar surface area (TPSA) is 21.3 Å². The fourth-order valence-corrected chi connectivity index (χ4v) is 2.10. The van der Waals surface area contributed by atoms with Gasteiger partial charge in [-0.05, 0) is 12.1 Å². The monoisotopic (exact) mass is 225 g/mol. The highest BCUT2D eigenvalue weighted by Crippen LogP contribution is 2.34. The third-order valence-electron chi connectivity index (χ3n) is 2.55.